The molecule has 1 aromatic heterocycles. The fourth-order valence-corrected chi connectivity index (χ4v) is 3.29. The summed E-state index contributed by atoms with van der Waals surface area (Å²) >= 11 is 5.92. The summed E-state index contributed by atoms with van der Waals surface area (Å²) in [5, 5.41) is 14.2. The van der Waals surface area contributed by atoms with Crippen molar-refractivity contribution < 1.29 is 5.11 Å². The van der Waals surface area contributed by atoms with Crippen LogP contribution in [-0.4, -0.2) is 39.0 Å². The minimum atomic E-state index is 0.291. The second kappa shape index (κ2) is 7.27. The first-order valence-electron chi connectivity index (χ1n) is 7.90. The number of aromatic nitrogens is 2. The van der Waals surface area contributed by atoms with Gasteiger partial charge in [0.2, 0.25) is 0 Å². The topological polar surface area (TPSA) is 41.3 Å². The standard InChI is InChI=1S/C17H22ClN3O/c18-15-5-7-17(8-6-15)21-13-14(11-19-21)12-20-9-1-3-16(20)4-2-10-22/h5-8,11,13,16,22H,1-4,9-10,12H2. The van der Waals surface area contributed by atoms with Gasteiger partial charge in [-0.2, -0.15) is 5.10 Å². The van der Waals surface area contributed by atoms with Crippen LogP contribution in [0.3, 0.4) is 0 Å². The number of likely N-dealkylation sites (tertiary alicyclic amines) is 1. The molecule has 1 N–H and O–H groups in total. The van der Waals surface area contributed by atoms with E-state index in [9.17, 15) is 0 Å². The molecule has 0 radical (unpaired) electrons. The number of hydrogen-bond donors (Lipinski definition) is 1. The average molecular weight is 320 g/mol. The molecule has 2 aromatic rings. The molecule has 0 saturated carbocycles. The van der Waals surface area contributed by atoms with Crippen LogP contribution in [0.4, 0.5) is 0 Å². The Hall–Kier alpha value is -1.36. The highest BCUT2D eigenvalue weighted by molar-refractivity contribution is 6.30. The molecular formula is C17H22ClN3O. The van der Waals surface area contributed by atoms with Gasteiger partial charge in [-0.25, -0.2) is 4.68 Å². The monoisotopic (exact) mass is 319 g/mol. The van der Waals surface area contributed by atoms with Gasteiger partial charge in [0.05, 0.1) is 11.9 Å². The van der Waals surface area contributed by atoms with Crippen molar-refractivity contribution in [2.75, 3.05) is 13.2 Å². The molecule has 0 bridgehead atoms. The summed E-state index contributed by atoms with van der Waals surface area (Å²) in [6.45, 7) is 2.37. The number of aliphatic hydroxyl groups is 1. The number of hydrogen-bond acceptors (Lipinski definition) is 3. The van der Waals surface area contributed by atoms with Crippen LogP contribution < -0.4 is 0 Å². The molecule has 2 heterocycles. The van der Waals surface area contributed by atoms with E-state index in [0.29, 0.717) is 12.6 Å². The normalized spacial score (nSPS) is 18.9. The van der Waals surface area contributed by atoms with Crippen LogP contribution in [0.15, 0.2) is 36.7 Å². The average Bonchev–Trinajstić information content (AvgIpc) is 3.16. The molecule has 1 unspecified atom stereocenters. The summed E-state index contributed by atoms with van der Waals surface area (Å²) in [5.41, 5.74) is 2.25. The predicted molar refractivity (Wildman–Crippen MR) is 88.3 cm³/mol. The van der Waals surface area contributed by atoms with Gasteiger partial charge in [-0.05, 0) is 56.5 Å². The minimum Gasteiger partial charge on any atom is -0.396 e. The van der Waals surface area contributed by atoms with Gasteiger partial charge in [-0.1, -0.05) is 11.6 Å². The van der Waals surface area contributed by atoms with Crippen molar-refractivity contribution in [3.05, 3.63) is 47.2 Å². The zero-order valence-corrected chi connectivity index (χ0v) is 13.4. The quantitative estimate of drug-likeness (QED) is 0.888. The van der Waals surface area contributed by atoms with Crippen LogP contribution in [0.25, 0.3) is 5.69 Å². The van der Waals surface area contributed by atoms with E-state index >= 15 is 0 Å². The van der Waals surface area contributed by atoms with Crippen molar-refractivity contribution in [3.63, 3.8) is 0 Å². The summed E-state index contributed by atoms with van der Waals surface area (Å²) in [5.74, 6) is 0. The SMILES string of the molecule is OCCCC1CCCN1Cc1cnn(-c2ccc(Cl)cc2)c1. The maximum atomic E-state index is 9.01. The number of benzene rings is 1. The lowest BCUT2D eigenvalue weighted by Gasteiger charge is -2.23. The van der Waals surface area contributed by atoms with Crippen LogP contribution in [0.5, 0.6) is 0 Å². The predicted octanol–water partition coefficient (Wildman–Crippen LogP) is 3.26. The Kier molecular flexibility index (Phi) is 5.13. The van der Waals surface area contributed by atoms with Crippen molar-refractivity contribution >= 4 is 11.6 Å². The number of aliphatic hydroxyl groups excluding tert-OH is 1. The Morgan fingerprint density at radius 1 is 1.27 bits per heavy atom. The molecule has 1 atom stereocenters. The maximum absolute atomic E-state index is 9.01. The largest absolute Gasteiger partial charge is 0.396 e. The van der Waals surface area contributed by atoms with Crippen molar-refractivity contribution in [2.45, 2.75) is 38.3 Å². The van der Waals surface area contributed by atoms with Crippen molar-refractivity contribution in [1.29, 1.82) is 0 Å². The number of rotatable bonds is 6. The Morgan fingerprint density at radius 3 is 2.86 bits per heavy atom. The van der Waals surface area contributed by atoms with Gasteiger partial charge in [0, 0.05) is 36.0 Å². The highest BCUT2D eigenvalue weighted by atomic mass is 35.5. The Bertz CT molecular complexity index is 596. The molecular weight excluding hydrogens is 298 g/mol. The summed E-state index contributed by atoms with van der Waals surface area (Å²) < 4.78 is 1.89. The molecule has 3 rings (SSSR count). The number of nitrogens with zero attached hydrogens (tertiary/aromatic N) is 3. The molecule has 5 heteroatoms. The van der Waals surface area contributed by atoms with E-state index in [2.05, 4.69) is 16.2 Å². The molecule has 0 aliphatic carbocycles. The van der Waals surface area contributed by atoms with Gasteiger partial charge in [-0.15, -0.1) is 0 Å². The molecule has 4 nitrogen and oxygen atoms in total. The van der Waals surface area contributed by atoms with Crippen molar-refractivity contribution in [2.24, 2.45) is 0 Å². The first-order valence-corrected chi connectivity index (χ1v) is 8.28. The molecule has 0 amide bonds. The molecule has 0 spiro atoms. The molecule has 22 heavy (non-hydrogen) atoms. The molecule has 1 aliphatic heterocycles. The second-order valence-corrected chi connectivity index (χ2v) is 6.34. The van der Waals surface area contributed by atoms with Crippen LogP contribution in [-0.2, 0) is 6.54 Å². The molecule has 1 fully saturated rings. The van der Waals surface area contributed by atoms with E-state index in [1.165, 1.54) is 18.4 Å². The second-order valence-electron chi connectivity index (χ2n) is 5.90. The highest BCUT2D eigenvalue weighted by Crippen LogP contribution is 2.23. The first kappa shape index (κ1) is 15.5. The summed E-state index contributed by atoms with van der Waals surface area (Å²) in [6, 6.07) is 8.30. The summed E-state index contributed by atoms with van der Waals surface area (Å²) in [6.07, 6.45) is 8.50. The third-order valence-electron chi connectivity index (χ3n) is 4.31. The van der Waals surface area contributed by atoms with E-state index < -0.39 is 0 Å². The number of halogens is 1. The third kappa shape index (κ3) is 3.69. The van der Waals surface area contributed by atoms with E-state index in [-0.39, 0.29) is 0 Å². The van der Waals surface area contributed by atoms with E-state index in [1.807, 2.05) is 35.1 Å². The molecule has 1 saturated heterocycles. The first-order chi connectivity index (χ1) is 10.8. The Labute approximate surface area is 136 Å². The van der Waals surface area contributed by atoms with Crippen molar-refractivity contribution in [3.8, 4) is 5.69 Å². The molecule has 1 aromatic carbocycles. The fourth-order valence-electron chi connectivity index (χ4n) is 3.17. The smallest absolute Gasteiger partial charge is 0.0646 e. The van der Waals surface area contributed by atoms with Crippen molar-refractivity contribution in [1.82, 2.24) is 14.7 Å². The van der Waals surface area contributed by atoms with E-state index in [4.69, 9.17) is 16.7 Å². The summed E-state index contributed by atoms with van der Waals surface area (Å²) in [7, 11) is 0. The Balaban J connectivity index is 1.65. The van der Waals surface area contributed by atoms with Gasteiger partial charge in [0.1, 0.15) is 0 Å². The van der Waals surface area contributed by atoms with E-state index in [1.54, 1.807) is 0 Å². The fraction of sp³-hybridized carbons (Fsp3) is 0.471. The lowest BCUT2D eigenvalue weighted by Crippen LogP contribution is -2.28. The minimum absolute atomic E-state index is 0.291. The molecule has 118 valence electrons. The van der Waals surface area contributed by atoms with Crippen LogP contribution >= 0.6 is 11.6 Å². The molecule has 1 aliphatic rings. The van der Waals surface area contributed by atoms with Gasteiger partial charge in [-0.3, -0.25) is 4.90 Å². The van der Waals surface area contributed by atoms with Gasteiger partial charge >= 0.3 is 0 Å². The van der Waals surface area contributed by atoms with Crippen LogP contribution in [0.2, 0.25) is 5.02 Å². The maximum Gasteiger partial charge on any atom is 0.0646 e. The van der Waals surface area contributed by atoms with Crippen LogP contribution in [0, 0.1) is 0 Å². The Morgan fingerprint density at radius 2 is 2.09 bits per heavy atom. The van der Waals surface area contributed by atoms with Gasteiger partial charge < -0.3 is 5.11 Å². The lowest BCUT2D eigenvalue weighted by molar-refractivity contribution is 0.210. The van der Waals surface area contributed by atoms with Gasteiger partial charge in [0.25, 0.3) is 0 Å². The lowest BCUT2D eigenvalue weighted by atomic mass is 10.1. The van der Waals surface area contributed by atoms with E-state index in [0.717, 1.165) is 36.6 Å². The third-order valence-corrected chi connectivity index (χ3v) is 4.56. The zero-order valence-electron chi connectivity index (χ0n) is 12.7. The van der Waals surface area contributed by atoms with Gasteiger partial charge in [0.15, 0.2) is 0 Å². The highest BCUT2D eigenvalue weighted by Gasteiger charge is 2.24. The summed E-state index contributed by atoms with van der Waals surface area (Å²) in [4.78, 5) is 2.51. The van der Waals surface area contributed by atoms with Crippen LogP contribution in [0.1, 0.15) is 31.2 Å². The zero-order chi connectivity index (χ0) is 15.4.